The van der Waals surface area contributed by atoms with Crippen molar-refractivity contribution >= 4 is 18.3 Å². The van der Waals surface area contributed by atoms with Crippen molar-refractivity contribution in [3.8, 4) is 0 Å². The fourth-order valence-electron chi connectivity index (χ4n) is 2.86. The van der Waals surface area contributed by atoms with Gasteiger partial charge in [-0.1, -0.05) is 32.0 Å². The van der Waals surface area contributed by atoms with Crippen molar-refractivity contribution in [2.45, 2.75) is 33.1 Å². The van der Waals surface area contributed by atoms with Crippen LogP contribution in [0.1, 0.15) is 32.3 Å². The molecule has 0 spiro atoms. The normalized spacial score (nSPS) is 20.6. The molecule has 100 valence electrons. The molecule has 0 N–H and O–H groups in total. The number of fused-ring (bicyclic) bond motifs is 1. The van der Waals surface area contributed by atoms with Crippen molar-refractivity contribution in [2.24, 2.45) is 11.8 Å². The number of hydrogen-bond donors (Lipinski definition) is 1. The number of para-hydroxylation sites is 1. The Labute approximate surface area is 117 Å². The molecule has 18 heavy (non-hydrogen) atoms. The van der Waals surface area contributed by atoms with E-state index in [1.165, 1.54) is 43.6 Å². The highest BCUT2D eigenvalue weighted by Crippen LogP contribution is 2.29. The molecular weight excluding hydrogens is 238 g/mol. The third-order valence-corrected chi connectivity index (χ3v) is 4.20. The van der Waals surface area contributed by atoms with Crippen molar-refractivity contribution in [3.63, 3.8) is 0 Å². The molecular formula is C16H25NS. The Morgan fingerprint density at radius 1 is 1.33 bits per heavy atom. The van der Waals surface area contributed by atoms with Gasteiger partial charge in [0.1, 0.15) is 0 Å². The smallest absolute Gasteiger partial charge is 0.0398 e. The van der Waals surface area contributed by atoms with Crippen molar-refractivity contribution in [1.29, 1.82) is 0 Å². The molecule has 1 aromatic rings. The Morgan fingerprint density at radius 3 is 2.89 bits per heavy atom. The quantitative estimate of drug-likeness (QED) is 0.785. The number of benzene rings is 1. The molecule has 0 aromatic heterocycles. The summed E-state index contributed by atoms with van der Waals surface area (Å²) in [4.78, 5) is 2.58. The largest absolute Gasteiger partial charge is 0.371 e. The van der Waals surface area contributed by atoms with Gasteiger partial charge in [0, 0.05) is 18.8 Å². The van der Waals surface area contributed by atoms with Gasteiger partial charge in [0.2, 0.25) is 0 Å². The SMILES string of the molecule is CC(CCS)CCN1CC(C)Cc2ccccc21. The van der Waals surface area contributed by atoms with Crippen LogP contribution in [-0.2, 0) is 6.42 Å². The lowest BCUT2D eigenvalue weighted by atomic mass is 9.93. The van der Waals surface area contributed by atoms with Crippen LogP contribution in [0.25, 0.3) is 0 Å². The van der Waals surface area contributed by atoms with Gasteiger partial charge in [-0.2, -0.15) is 12.6 Å². The molecule has 1 aliphatic heterocycles. The molecule has 0 saturated heterocycles. The summed E-state index contributed by atoms with van der Waals surface area (Å²) < 4.78 is 0. The molecule has 1 aromatic carbocycles. The number of thiol groups is 1. The Balaban J connectivity index is 2.00. The Bertz CT molecular complexity index is 377. The maximum atomic E-state index is 4.33. The molecule has 1 aliphatic rings. The van der Waals surface area contributed by atoms with E-state index in [2.05, 4.69) is 55.6 Å². The lowest BCUT2D eigenvalue weighted by molar-refractivity contribution is 0.478. The molecule has 0 aliphatic carbocycles. The zero-order valence-corrected chi connectivity index (χ0v) is 12.5. The molecule has 2 heteroatoms. The molecule has 0 radical (unpaired) electrons. The summed E-state index contributed by atoms with van der Waals surface area (Å²) in [5.41, 5.74) is 2.99. The van der Waals surface area contributed by atoms with E-state index in [1.807, 2.05) is 0 Å². The lowest BCUT2D eigenvalue weighted by Crippen LogP contribution is -2.35. The van der Waals surface area contributed by atoms with Gasteiger partial charge in [-0.3, -0.25) is 0 Å². The maximum absolute atomic E-state index is 4.33. The highest BCUT2D eigenvalue weighted by atomic mass is 32.1. The molecule has 0 bridgehead atoms. The minimum absolute atomic E-state index is 0.778. The number of hydrogen-bond acceptors (Lipinski definition) is 2. The molecule has 0 amide bonds. The average molecular weight is 263 g/mol. The van der Waals surface area contributed by atoms with Crippen LogP contribution in [0.3, 0.4) is 0 Å². The monoisotopic (exact) mass is 263 g/mol. The van der Waals surface area contributed by atoms with Gasteiger partial charge < -0.3 is 4.90 Å². The van der Waals surface area contributed by atoms with Crippen LogP contribution in [0, 0.1) is 11.8 Å². The molecule has 1 heterocycles. The second-order valence-electron chi connectivity index (χ2n) is 5.79. The predicted octanol–water partition coefficient (Wildman–Crippen LogP) is 4.03. The lowest BCUT2D eigenvalue weighted by Gasteiger charge is -2.35. The van der Waals surface area contributed by atoms with E-state index in [9.17, 15) is 0 Å². The van der Waals surface area contributed by atoms with Crippen LogP contribution in [0.5, 0.6) is 0 Å². The third kappa shape index (κ3) is 3.44. The first-order valence-corrected chi connectivity index (χ1v) is 7.77. The van der Waals surface area contributed by atoms with E-state index in [1.54, 1.807) is 0 Å². The van der Waals surface area contributed by atoms with Crippen LogP contribution in [0.15, 0.2) is 24.3 Å². The minimum Gasteiger partial charge on any atom is -0.371 e. The number of anilines is 1. The fourth-order valence-corrected chi connectivity index (χ4v) is 3.30. The van der Waals surface area contributed by atoms with Gasteiger partial charge in [0.15, 0.2) is 0 Å². The molecule has 2 unspecified atom stereocenters. The van der Waals surface area contributed by atoms with E-state index >= 15 is 0 Å². The van der Waals surface area contributed by atoms with E-state index in [0.29, 0.717) is 0 Å². The first-order chi connectivity index (χ1) is 8.70. The highest BCUT2D eigenvalue weighted by Gasteiger charge is 2.21. The first kappa shape index (κ1) is 13.8. The molecule has 0 saturated carbocycles. The highest BCUT2D eigenvalue weighted by molar-refractivity contribution is 7.80. The fraction of sp³-hybridized carbons (Fsp3) is 0.625. The van der Waals surface area contributed by atoms with E-state index in [0.717, 1.165) is 17.6 Å². The van der Waals surface area contributed by atoms with Gasteiger partial charge in [-0.15, -0.1) is 0 Å². The number of rotatable bonds is 5. The standard InChI is InChI=1S/C16H25NS/c1-13(8-10-18)7-9-17-12-14(2)11-15-5-3-4-6-16(15)17/h3-6,13-14,18H,7-12H2,1-2H3. The Kier molecular flexibility index (Phi) is 4.99. The van der Waals surface area contributed by atoms with Gasteiger partial charge in [-0.25, -0.2) is 0 Å². The van der Waals surface area contributed by atoms with Crippen molar-refractivity contribution in [2.75, 3.05) is 23.7 Å². The molecule has 1 nitrogen and oxygen atoms in total. The van der Waals surface area contributed by atoms with Crippen LogP contribution < -0.4 is 4.90 Å². The number of nitrogens with zero attached hydrogens (tertiary/aromatic N) is 1. The summed E-state index contributed by atoms with van der Waals surface area (Å²) in [5, 5.41) is 0. The summed E-state index contributed by atoms with van der Waals surface area (Å²) in [6, 6.07) is 8.90. The summed E-state index contributed by atoms with van der Waals surface area (Å²) in [6.07, 6.45) is 3.74. The van der Waals surface area contributed by atoms with Crippen LogP contribution in [0.4, 0.5) is 5.69 Å². The summed E-state index contributed by atoms with van der Waals surface area (Å²) in [6.45, 7) is 7.11. The van der Waals surface area contributed by atoms with Crippen LogP contribution in [-0.4, -0.2) is 18.8 Å². The maximum Gasteiger partial charge on any atom is 0.0398 e. The van der Waals surface area contributed by atoms with Crippen molar-refractivity contribution in [1.82, 2.24) is 0 Å². The van der Waals surface area contributed by atoms with Gasteiger partial charge in [0.05, 0.1) is 0 Å². The molecule has 0 fully saturated rings. The first-order valence-electron chi connectivity index (χ1n) is 7.14. The third-order valence-electron chi connectivity index (χ3n) is 3.95. The Morgan fingerprint density at radius 2 is 2.11 bits per heavy atom. The second kappa shape index (κ2) is 6.51. The van der Waals surface area contributed by atoms with Crippen molar-refractivity contribution in [3.05, 3.63) is 29.8 Å². The predicted molar refractivity (Wildman–Crippen MR) is 83.8 cm³/mol. The van der Waals surface area contributed by atoms with E-state index in [4.69, 9.17) is 0 Å². The average Bonchev–Trinajstić information content (AvgIpc) is 2.36. The minimum atomic E-state index is 0.778. The van der Waals surface area contributed by atoms with E-state index < -0.39 is 0 Å². The summed E-state index contributed by atoms with van der Waals surface area (Å²) in [5.74, 6) is 2.57. The summed E-state index contributed by atoms with van der Waals surface area (Å²) >= 11 is 4.33. The van der Waals surface area contributed by atoms with Gasteiger partial charge in [0.25, 0.3) is 0 Å². The molecule has 2 atom stereocenters. The van der Waals surface area contributed by atoms with Crippen LogP contribution in [0.2, 0.25) is 0 Å². The zero-order valence-electron chi connectivity index (χ0n) is 11.6. The zero-order chi connectivity index (χ0) is 13.0. The summed E-state index contributed by atoms with van der Waals surface area (Å²) in [7, 11) is 0. The van der Waals surface area contributed by atoms with Crippen LogP contribution >= 0.6 is 12.6 Å². The Hall–Kier alpha value is -0.630. The van der Waals surface area contributed by atoms with E-state index in [-0.39, 0.29) is 0 Å². The van der Waals surface area contributed by atoms with Crippen molar-refractivity contribution < 1.29 is 0 Å². The van der Waals surface area contributed by atoms with Gasteiger partial charge >= 0.3 is 0 Å². The topological polar surface area (TPSA) is 3.24 Å². The van der Waals surface area contributed by atoms with Gasteiger partial charge in [-0.05, 0) is 48.5 Å². The second-order valence-corrected chi connectivity index (χ2v) is 6.24. The molecule has 2 rings (SSSR count).